The number of amides is 1. The van der Waals surface area contributed by atoms with Crippen molar-refractivity contribution in [2.45, 2.75) is 24.2 Å². The molecule has 152 valence electrons. The van der Waals surface area contributed by atoms with Crippen molar-refractivity contribution in [2.75, 3.05) is 10.0 Å². The van der Waals surface area contributed by atoms with Crippen LogP contribution in [0.25, 0.3) is 0 Å². The summed E-state index contributed by atoms with van der Waals surface area (Å²) in [6.45, 7) is 1.19. The molecule has 0 unspecified atom stereocenters. The van der Waals surface area contributed by atoms with Crippen LogP contribution in [0.2, 0.25) is 0 Å². The normalized spacial score (nSPS) is 12.5. The summed E-state index contributed by atoms with van der Waals surface area (Å²) >= 11 is 0. The molecule has 0 aliphatic heterocycles. The summed E-state index contributed by atoms with van der Waals surface area (Å²) in [4.78, 5) is 9.82. The number of rotatable bonds is 4. The maximum absolute atomic E-state index is 12.9. The lowest BCUT2D eigenvalue weighted by Crippen LogP contribution is -2.17. The molecule has 0 aliphatic rings. The van der Waals surface area contributed by atoms with Crippen molar-refractivity contribution in [1.29, 1.82) is 0 Å². The van der Waals surface area contributed by atoms with Gasteiger partial charge in [0.1, 0.15) is 0 Å². The van der Waals surface area contributed by atoms with E-state index in [1.165, 1.54) is 25.1 Å². The molecule has 0 atom stereocenters. The van der Waals surface area contributed by atoms with Gasteiger partial charge in [-0.1, -0.05) is 6.07 Å². The summed E-state index contributed by atoms with van der Waals surface area (Å²) in [6, 6.07) is 5.14. The van der Waals surface area contributed by atoms with Crippen molar-refractivity contribution in [3.05, 3.63) is 53.6 Å². The number of nitrogens with one attached hydrogen (secondary N) is 2. The van der Waals surface area contributed by atoms with E-state index in [9.17, 15) is 39.6 Å². The minimum absolute atomic E-state index is 0.106. The van der Waals surface area contributed by atoms with Crippen molar-refractivity contribution in [2.24, 2.45) is 0 Å². The van der Waals surface area contributed by atoms with Crippen LogP contribution in [-0.4, -0.2) is 14.3 Å². The molecule has 12 heteroatoms. The number of sulfonamides is 1. The zero-order valence-electron chi connectivity index (χ0n) is 13.9. The Morgan fingerprint density at radius 1 is 0.857 bits per heavy atom. The lowest BCUT2D eigenvalue weighted by molar-refractivity contribution is -0.143. The van der Waals surface area contributed by atoms with E-state index >= 15 is 0 Å². The summed E-state index contributed by atoms with van der Waals surface area (Å²) in [5.74, 6) is -0.465. The third-order valence-electron chi connectivity index (χ3n) is 3.31. The Kier molecular flexibility index (Phi) is 5.64. The maximum atomic E-state index is 12.9. The molecule has 2 N–H and O–H groups in total. The number of benzene rings is 2. The Labute approximate surface area is 155 Å². The smallest absolute Gasteiger partial charge is 0.326 e. The second kappa shape index (κ2) is 7.34. The fraction of sp³-hybridized carbons (Fsp3) is 0.188. The first-order chi connectivity index (χ1) is 12.7. The zero-order chi connectivity index (χ0) is 21.3. The van der Waals surface area contributed by atoms with E-state index in [1.54, 1.807) is 0 Å². The fourth-order valence-electron chi connectivity index (χ4n) is 2.16. The third kappa shape index (κ3) is 5.38. The molecule has 0 saturated carbocycles. The molecule has 0 spiro atoms. The highest BCUT2D eigenvalue weighted by Crippen LogP contribution is 2.37. The van der Waals surface area contributed by atoms with Crippen molar-refractivity contribution in [1.82, 2.24) is 0 Å². The van der Waals surface area contributed by atoms with Gasteiger partial charge in [-0.3, -0.25) is 9.52 Å². The average Bonchev–Trinajstić information content (AvgIpc) is 2.52. The summed E-state index contributed by atoms with van der Waals surface area (Å²) in [6.07, 6.45) is -10.4. The van der Waals surface area contributed by atoms with E-state index in [4.69, 9.17) is 0 Å². The molecule has 0 aromatic heterocycles. The Hall–Kier alpha value is -2.76. The number of anilines is 2. The van der Waals surface area contributed by atoms with E-state index < -0.39 is 44.3 Å². The van der Waals surface area contributed by atoms with E-state index in [0.717, 1.165) is 6.07 Å². The van der Waals surface area contributed by atoms with Crippen LogP contribution in [0.4, 0.5) is 37.7 Å². The maximum Gasteiger partial charge on any atom is 0.416 e. The molecule has 5 nitrogen and oxygen atoms in total. The molecule has 0 radical (unpaired) electrons. The molecule has 0 heterocycles. The van der Waals surface area contributed by atoms with Gasteiger partial charge in [-0.25, -0.2) is 8.42 Å². The Morgan fingerprint density at radius 3 is 1.82 bits per heavy atom. The summed E-state index contributed by atoms with van der Waals surface area (Å²) in [5.41, 5.74) is -3.51. The van der Waals surface area contributed by atoms with Gasteiger partial charge in [-0.2, -0.15) is 26.3 Å². The predicted molar refractivity (Wildman–Crippen MR) is 88.0 cm³/mol. The van der Waals surface area contributed by atoms with Gasteiger partial charge in [0.25, 0.3) is 10.0 Å². The summed E-state index contributed by atoms with van der Waals surface area (Å²) < 4.78 is 104. The van der Waals surface area contributed by atoms with Gasteiger partial charge < -0.3 is 5.32 Å². The molecule has 0 aliphatic carbocycles. The summed E-state index contributed by atoms with van der Waals surface area (Å²) in [7, 11) is -4.79. The highest BCUT2D eigenvalue weighted by Gasteiger charge is 2.38. The average molecular weight is 426 g/mol. The number of halogens is 6. The molecule has 28 heavy (non-hydrogen) atoms. The first-order valence-corrected chi connectivity index (χ1v) is 8.87. The Balaban J connectivity index is 2.49. The Morgan fingerprint density at radius 2 is 1.36 bits per heavy atom. The van der Waals surface area contributed by atoms with Crippen molar-refractivity contribution >= 4 is 27.3 Å². The van der Waals surface area contributed by atoms with Gasteiger partial charge >= 0.3 is 12.4 Å². The van der Waals surface area contributed by atoms with Crippen LogP contribution in [0.3, 0.4) is 0 Å². The first-order valence-electron chi connectivity index (χ1n) is 7.38. The first kappa shape index (κ1) is 21.5. The second-order valence-corrected chi connectivity index (χ2v) is 7.29. The van der Waals surface area contributed by atoms with E-state index in [-0.39, 0.29) is 29.6 Å². The van der Waals surface area contributed by atoms with Crippen LogP contribution in [0.15, 0.2) is 47.4 Å². The van der Waals surface area contributed by atoms with Crippen LogP contribution < -0.4 is 10.0 Å². The SMILES string of the molecule is CC(=O)Nc1cccc(NS(=O)(=O)c2cc(C(F)(F)F)cc(C(F)(F)F)c2)c1. The Bertz CT molecular complexity index is 968. The van der Waals surface area contributed by atoms with Crippen LogP contribution in [0.1, 0.15) is 18.1 Å². The standard InChI is InChI=1S/C16H12F6N2O3S/c1-9(25)23-12-3-2-4-13(8-12)24-28(26,27)14-6-10(15(17,18)19)5-11(7-14)16(20,21)22/h2-8,24H,1H3,(H,23,25). The van der Waals surface area contributed by atoms with Crippen LogP contribution >= 0.6 is 0 Å². The molecule has 1 amide bonds. The predicted octanol–water partition coefficient (Wildman–Crippen LogP) is 4.48. The van der Waals surface area contributed by atoms with E-state index in [2.05, 4.69) is 5.32 Å². The van der Waals surface area contributed by atoms with E-state index in [1.807, 2.05) is 4.72 Å². The number of alkyl halides is 6. The van der Waals surface area contributed by atoms with Crippen molar-refractivity contribution in [3.8, 4) is 0 Å². The van der Waals surface area contributed by atoms with E-state index in [0.29, 0.717) is 0 Å². The van der Waals surface area contributed by atoms with Crippen molar-refractivity contribution < 1.29 is 39.6 Å². The number of carbonyl (C=O) groups is 1. The van der Waals surface area contributed by atoms with Crippen molar-refractivity contribution in [3.63, 3.8) is 0 Å². The second-order valence-electron chi connectivity index (χ2n) is 5.61. The highest BCUT2D eigenvalue weighted by molar-refractivity contribution is 7.92. The van der Waals surface area contributed by atoms with Gasteiger partial charge in [0, 0.05) is 12.6 Å². The third-order valence-corrected chi connectivity index (χ3v) is 4.67. The molecular formula is C16H12F6N2O3S. The van der Waals surface area contributed by atoms with Gasteiger partial charge in [0.05, 0.1) is 21.7 Å². The molecule has 0 fully saturated rings. The lowest BCUT2D eigenvalue weighted by atomic mass is 10.1. The molecular weight excluding hydrogens is 414 g/mol. The molecule has 2 aromatic rings. The minimum Gasteiger partial charge on any atom is -0.326 e. The highest BCUT2D eigenvalue weighted by atomic mass is 32.2. The van der Waals surface area contributed by atoms with Crippen LogP contribution in [-0.2, 0) is 27.2 Å². The largest absolute Gasteiger partial charge is 0.416 e. The monoisotopic (exact) mass is 426 g/mol. The number of hydrogen-bond donors (Lipinski definition) is 2. The van der Waals surface area contributed by atoms with Gasteiger partial charge in [0.2, 0.25) is 5.91 Å². The van der Waals surface area contributed by atoms with Crippen LogP contribution in [0, 0.1) is 0 Å². The van der Waals surface area contributed by atoms with Gasteiger partial charge in [-0.15, -0.1) is 0 Å². The molecule has 2 aromatic carbocycles. The topological polar surface area (TPSA) is 75.3 Å². The molecule has 0 saturated heterocycles. The molecule has 2 rings (SSSR count). The molecule has 0 bridgehead atoms. The van der Waals surface area contributed by atoms with Gasteiger partial charge in [-0.05, 0) is 36.4 Å². The van der Waals surface area contributed by atoms with Crippen LogP contribution in [0.5, 0.6) is 0 Å². The lowest BCUT2D eigenvalue weighted by Gasteiger charge is -2.15. The quantitative estimate of drug-likeness (QED) is 0.708. The van der Waals surface area contributed by atoms with Gasteiger partial charge in [0.15, 0.2) is 0 Å². The minimum atomic E-state index is -5.18. The zero-order valence-corrected chi connectivity index (χ0v) is 14.8. The fourth-order valence-corrected chi connectivity index (χ4v) is 3.28. The number of carbonyl (C=O) groups excluding carboxylic acids is 1. The summed E-state index contributed by atoms with van der Waals surface area (Å²) in [5, 5.41) is 2.36. The number of hydrogen-bond acceptors (Lipinski definition) is 3.